The van der Waals surface area contributed by atoms with Gasteiger partial charge in [0.1, 0.15) is 0 Å². The van der Waals surface area contributed by atoms with Gasteiger partial charge in [0.25, 0.3) is 0 Å². The topological polar surface area (TPSA) is 61.4 Å². The molecule has 1 heterocycles. The monoisotopic (exact) mass is 317 g/mol. The van der Waals surface area contributed by atoms with Crippen molar-refractivity contribution in [3.63, 3.8) is 0 Å². The van der Waals surface area contributed by atoms with Gasteiger partial charge in [0.05, 0.1) is 16.5 Å². The smallest absolute Gasteiger partial charge is 0.234 e. The van der Waals surface area contributed by atoms with Crippen molar-refractivity contribution in [1.29, 1.82) is 0 Å². The fourth-order valence-electron chi connectivity index (χ4n) is 2.12. The van der Waals surface area contributed by atoms with Crippen molar-refractivity contribution < 1.29 is 8.42 Å². The fourth-order valence-corrected chi connectivity index (χ4v) is 3.45. The summed E-state index contributed by atoms with van der Waals surface area (Å²) in [5.74, 6) is 0.0806. The van der Waals surface area contributed by atoms with Crippen LogP contribution >= 0.6 is 11.6 Å². The first kappa shape index (κ1) is 15.6. The van der Waals surface area contributed by atoms with Crippen molar-refractivity contribution in [3.05, 3.63) is 28.8 Å². The molecule has 1 saturated heterocycles. The first-order chi connectivity index (χ1) is 9.46. The third-order valence-electron chi connectivity index (χ3n) is 3.27. The van der Waals surface area contributed by atoms with Crippen molar-refractivity contribution in [3.8, 4) is 0 Å². The normalized spacial score (nSPS) is 17.1. The second-order valence-corrected chi connectivity index (χ2v) is 7.24. The summed E-state index contributed by atoms with van der Waals surface area (Å²) >= 11 is 6.01. The lowest BCUT2D eigenvalue weighted by molar-refractivity contribution is 0.254. The maximum Gasteiger partial charge on any atom is 0.234 e. The molecule has 7 heteroatoms. The standard InChI is InChI=1S/C13H20ClN3O2S/c1-11-2-3-12(14)13(10-11)16-20(18,19)9-8-17-6-4-15-5-7-17/h2-3,10,15-16H,4-9H2,1H3. The van der Waals surface area contributed by atoms with Gasteiger partial charge in [-0.2, -0.15) is 0 Å². The van der Waals surface area contributed by atoms with Crippen LogP contribution in [0.2, 0.25) is 5.02 Å². The molecule has 20 heavy (non-hydrogen) atoms. The van der Waals surface area contributed by atoms with E-state index in [9.17, 15) is 8.42 Å². The van der Waals surface area contributed by atoms with Gasteiger partial charge in [0.15, 0.2) is 0 Å². The molecule has 0 unspecified atom stereocenters. The number of aryl methyl sites for hydroxylation is 1. The molecule has 2 N–H and O–H groups in total. The third-order valence-corrected chi connectivity index (χ3v) is 4.85. The molecular formula is C13H20ClN3O2S. The Kier molecular flexibility index (Phi) is 5.26. The van der Waals surface area contributed by atoms with Gasteiger partial charge >= 0.3 is 0 Å². The van der Waals surface area contributed by atoms with E-state index in [0.29, 0.717) is 17.3 Å². The molecule has 5 nitrogen and oxygen atoms in total. The average Bonchev–Trinajstić information content (AvgIpc) is 2.42. The lowest BCUT2D eigenvalue weighted by Gasteiger charge is -2.26. The molecule has 1 aliphatic rings. The molecule has 0 aliphatic carbocycles. The SMILES string of the molecule is Cc1ccc(Cl)c(NS(=O)(=O)CCN2CCNCC2)c1. The molecule has 0 saturated carbocycles. The number of nitrogens with zero attached hydrogens (tertiary/aromatic N) is 1. The van der Waals surface area contributed by atoms with E-state index in [1.807, 2.05) is 13.0 Å². The summed E-state index contributed by atoms with van der Waals surface area (Å²) in [6.07, 6.45) is 0. The molecule has 0 spiro atoms. The van der Waals surface area contributed by atoms with Crippen LogP contribution in [0.1, 0.15) is 5.56 Å². The predicted molar refractivity (Wildman–Crippen MR) is 82.9 cm³/mol. The van der Waals surface area contributed by atoms with Crippen molar-refractivity contribution in [1.82, 2.24) is 10.2 Å². The minimum absolute atomic E-state index is 0.0806. The van der Waals surface area contributed by atoms with E-state index in [1.54, 1.807) is 12.1 Å². The molecule has 1 fully saturated rings. The highest BCUT2D eigenvalue weighted by molar-refractivity contribution is 7.92. The molecule has 1 aromatic rings. The Morgan fingerprint density at radius 3 is 2.75 bits per heavy atom. The van der Waals surface area contributed by atoms with Crippen molar-refractivity contribution >= 4 is 27.3 Å². The number of hydrogen-bond donors (Lipinski definition) is 2. The average molecular weight is 318 g/mol. The quantitative estimate of drug-likeness (QED) is 0.859. The molecule has 0 amide bonds. The second-order valence-electron chi connectivity index (χ2n) is 5.00. The first-order valence-corrected chi connectivity index (χ1v) is 8.69. The maximum atomic E-state index is 12.1. The van der Waals surface area contributed by atoms with Gasteiger partial charge < -0.3 is 5.32 Å². The minimum Gasteiger partial charge on any atom is -0.314 e. The molecule has 1 aromatic carbocycles. The van der Waals surface area contributed by atoms with Gasteiger partial charge in [-0.15, -0.1) is 0 Å². The highest BCUT2D eigenvalue weighted by Gasteiger charge is 2.16. The van der Waals surface area contributed by atoms with Crippen LogP contribution < -0.4 is 10.0 Å². The highest BCUT2D eigenvalue weighted by atomic mass is 35.5. The summed E-state index contributed by atoms with van der Waals surface area (Å²) in [7, 11) is -3.37. The number of nitrogens with one attached hydrogen (secondary N) is 2. The molecule has 0 aromatic heterocycles. The lowest BCUT2D eigenvalue weighted by atomic mass is 10.2. The van der Waals surface area contributed by atoms with Crippen LogP contribution in [0.3, 0.4) is 0 Å². The zero-order chi connectivity index (χ0) is 14.6. The van der Waals surface area contributed by atoms with Gasteiger partial charge in [0, 0.05) is 32.7 Å². The molecule has 0 radical (unpaired) electrons. The summed E-state index contributed by atoms with van der Waals surface area (Å²) in [5.41, 5.74) is 1.42. The van der Waals surface area contributed by atoms with Gasteiger partial charge in [-0.1, -0.05) is 17.7 Å². The summed E-state index contributed by atoms with van der Waals surface area (Å²) < 4.78 is 26.8. The number of rotatable bonds is 5. The van der Waals surface area contributed by atoms with Gasteiger partial charge in [-0.25, -0.2) is 8.42 Å². The van der Waals surface area contributed by atoms with Crippen molar-refractivity contribution in [2.45, 2.75) is 6.92 Å². The zero-order valence-corrected chi connectivity index (χ0v) is 13.1. The van der Waals surface area contributed by atoms with E-state index in [4.69, 9.17) is 11.6 Å². The van der Waals surface area contributed by atoms with Gasteiger partial charge in [0.2, 0.25) is 10.0 Å². The number of halogens is 1. The Morgan fingerprint density at radius 2 is 2.05 bits per heavy atom. The molecule has 0 atom stereocenters. The predicted octanol–water partition coefficient (Wildman–Crippen LogP) is 1.30. The number of hydrogen-bond acceptors (Lipinski definition) is 4. The number of sulfonamides is 1. The van der Waals surface area contributed by atoms with E-state index in [1.165, 1.54) is 0 Å². The number of anilines is 1. The Labute approximate surface area is 125 Å². The van der Waals surface area contributed by atoms with E-state index in [2.05, 4.69) is 14.9 Å². The lowest BCUT2D eigenvalue weighted by Crippen LogP contribution is -2.45. The maximum absolute atomic E-state index is 12.1. The Morgan fingerprint density at radius 1 is 1.35 bits per heavy atom. The van der Waals surface area contributed by atoms with Crippen LogP contribution in [-0.4, -0.2) is 51.8 Å². The van der Waals surface area contributed by atoms with Crippen molar-refractivity contribution in [2.75, 3.05) is 43.2 Å². The van der Waals surface area contributed by atoms with E-state index < -0.39 is 10.0 Å². The molecule has 1 aliphatic heterocycles. The van der Waals surface area contributed by atoms with E-state index >= 15 is 0 Å². The summed E-state index contributed by atoms with van der Waals surface area (Å²) in [6, 6.07) is 5.29. The van der Waals surface area contributed by atoms with Crippen LogP contribution in [0, 0.1) is 6.92 Å². The number of piperazine rings is 1. The van der Waals surface area contributed by atoms with Gasteiger partial charge in [-0.3, -0.25) is 9.62 Å². The van der Waals surface area contributed by atoms with Crippen molar-refractivity contribution in [2.24, 2.45) is 0 Å². The molecule has 112 valence electrons. The Balaban J connectivity index is 1.94. The third kappa shape index (κ3) is 4.63. The summed E-state index contributed by atoms with van der Waals surface area (Å²) in [4.78, 5) is 2.15. The Hall–Kier alpha value is -0.820. The van der Waals surface area contributed by atoms with Crippen LogP contribution in [0.4, 0.5) is 5.69 Å². The van der Waals surface area contributed by atoms with E-state index in [-0.39, 0.29) is 5.75 Å². The number of benzene rings is 1. The second kappa shape index (κ2) is 6.76. The fraction of sp³-hybridized carbons (Fsp3) is 0.538. The summed E-state index contributed by atoms with van der Waals surface area (Å²) in [6.45, 7) is 6.05. The molecule has 2 rings (SSSR count). The van der Waals surface area contributed by atoms with Crippen LogP contribution in [0.25, 0.3) is 0 Å². The largest absolute Gasteiger partial charge is 0.314 e. The Bertz CT molecular complexity index is 557. The van der Waals surface area contributed by atoms with Crippen LogP contribution in [-0.2, 0) is 10.0 Å². The first-order valence-electron chi connectivity index (χ1n) is 6.66. The molecular weight excluding hydrogens is 298 g/mol. The minimum atomic E-state index is -3.37. The van der Waals surface area contributed by atoms with Crippen LogP contribution in [0.15, 0.2) is 18.2 Å². The highest BCUT2D eigenvalue weighted by Crippen LogP contribution is 2.23. The van der Waals surface area contributed by atoms with Gasteiger partial charge in [-0.05, 0) is 24.6 Å². The van der Waals surface area contributed by atoms with Crippen LogP contribution in [0.5, 0.6) is 0 Å². The molecule has 0 bridgehead atoms. The zero-order valence-electron chi connectivity index (χ0n) is 11.5. The van der Waals surface area contributed by atoms with E-state index in [0.717, 1.165) is 31.7 Å². The summed E-state index contributed by atoms with van der Waals surface area (Å²) in [5, 5.41) is 3.66.